The molecule has 3 aromatic carbocycles. The van der Waals surface area contributed by atoms with Crippen molar-refractivity contribution in [1.82, 2.24) is 9.88 Å². The van der Waals surface area contributed by atoms with E-state index in [1.54, 1.807) is 0 Å². The number of fused-ring (bicyclic) bond motifs is 3. The molecule has 0 radical (unpaired) electrons. The summed E-state index contributed by atoms with van der Waals surface area (Å²) in [4.78, 5) is 19.0. The number of carbonyl (C=O) groups is 1. The van der Waals surface area contributed by atoms with Crippen molar-refractivity contribution in [2.75, 3.05) is 6.54 Å². The molecule has 1 unspecified atom stereocenters. The smallest absolute Gasteiger partial charge is 0.254 e. The molecule has 138 valence electrons. The SMILES string of the molecule is Cc1ccc(C2c3[nH]c4ccccc4c3CCN2C(=O)c2ccccc2)cc1. The summed E-state index contributed by atoms with van der Waals surface area (Å²) >= 11 is 0. The Kier molecular flexibility index (Phi) is 4.01. The predicted octanol–water partition coefficient (Wildman–Crippen LogP) is 5.26. The number of para-hydroxylation sites is 1. The van der Waals surface area contributed by atoms with Gasteiger partial charge in [-0.3, -0.25) is 4.79 Å². The van der Waals surface area contributed by atoms with Crippen molar-refractivity contribution in [1.29, 1.82) is 0 Å². The topological polar surface area (TPSA) is 36.1 Å². The van der Waals surface area contributed by atoms with Gasteiger partial charge in [0, 0.05) is 28.7 Å². The van der Waals surface area contributed by atoms with Crippen LogP contribution in [-0.2, 0) is 6.42 Å². The highest BCUT2D eigenvalue weighted by Gasteiger charge is 2.34. The van der Waals surface area contributed by atoms with E-state index < -0.39 is 0 Å². The number of amides is 1. The Bertz CT molecular complexity index is 1140. The van der Waals surface area contributed by atoms with Gasteiger partial charge < -0.3 is 9.88 Å². The fourth-order valence-corrected chi connectivity index (χ4v) is 4.30. The summed E-state index contributed by atoms with van der Waals surface area (Å²) in [6.45, 7) is 2.80. The summed E-state index contributed by atoms with van der Waals surface area (Å²) in [5.74, 6) is 0.0791. The monoisotopic (exact) mass is 366 g/mol. The quantitative estimate of drug-likeness (QED) is 0.516. The average molecular weight is 366 g/mol. The first-order valence-electron chi connectivity index (χ1n) is 9.74. The number of nitrogens with zero attached hydrogens (tertiary/aromatic N) is 1. The fourth-order valence-electron chi connectivity index (χ4n) is 4.30. The maximum Gasteiger partial charge on any atom is 0.254 e. The molecule has 1 aromatic heterocycles. The van der Waals surface area contributed by atoms with E-state index >= 15 is 0 Å². The van der Waals surface area contributed by atoms with Gasteiger partial charge in [-0.2, -0.15) is 0 Å². The van der Waals surface area contributed by atoms with E-state index in [-0.39, 0.29) is 11.9 Å². The Morgan fingerprint density at radius 1 is 0.929 bits per heavy atom. The summed E-state index contributed by atoms with van der Waals surface area (Å²) in [5.41, 5.74) is 6.71. The lowest BCUT2D eigenvalue weighted by atomic mass is 9.91. The third kappa shape index (κ3) is 2.71. The van der Waals surface area contributed by atoms with Gasteiger partial charge in [-0.15, -0.1) is 0 Å². The number of hydrogen-bond acceptors (Lipinski definition) is 1. The van der Waals surface area contributed by atoms with E-state index in [4.69, 9.17) is 0 Å². The number of rotatable bonds is 2. The molecule has 0 aliphatic carbocycles. The molecule has 3 heteroatoms. The average Bonchev–Trinajstić information content (AvgIpc) is 3.13. The normalized spacial score (nSPS) is 16.2. The van der Waals surface area contributed by atoms with Crippen molar-refractivity contribution >= 4 is 16.8 Å². The third-order valence-corrected chi connectivity index (χ3v) is 5.71. The molecule has 1 aliphatic heterocycles. The van der Waals surface area contributed by atoms with Crippen LogP contribution in [0, 0.1) is 6.92 Å². The molecule has 0 saturated carbocycles. The Morgan fingerprint density at radius 2 is 1.64 bits per heavy atom. The van der Waals surface area contributed by atoms with Crippen molar-refractivity contribution < 1.29 is 4.79 Å². The van der Waals surface area contributed by atoms with E-state index in [2.05, 4.69) is 60.4 Å². The second kappa shape index (κ2) is 6.68. The second-order valence-electron chi connectivity index (χ2n) is 7.49. The Hall–Kier alpha value is -3.33. The predicted molar refractivity (Wildman–Crippen MR) is 113 cm³/mol. The molecule has 1 atom stereocenters. The van der Waals surface area contributed by atoms with Crippen LogP contribution >= 0.6 is 0 Å². The molecule has 0 bridgehead atoms. The highest BCUT2D eigenvalue weighted by molar-refractivity contribution is 5.95. The number of carbonyl (C=O) groups excluding carboxylic acids is 1. The van der Waals surface area contributed by atoms with Crippen LogP contribution in [0.3, 0.4) is 0 Å². The van der Waals surface area contributed by atoms with Gasteiger partial charge in [0.05, 0.1) is 6.04 Å². The third-order valence-electron chi connectivity index (χ3n) is 5.71. The van der Waals surface area contributed by atoms with Gasteiger partial charge in [0.25, 0.3) is 5.91 Å². The highest BCUT2D eigenvalue weighted by Crippen LogP contribution is 2.39. The molecular formula is C25H22N2O. The number of aromatic amines is 1. The molecule has 2 heterocycles. The standard InChI is InChI=1S/C25H22N2O/c1-17-11-13-18(14-12-17)24-23-21(20-9-5-6-10-22(20)26-23)15-16-27(24)25(28)19-7-3-2-4-8-19/h2-14,24,26H,15-16H2,1H3. The minimum absolute atomic E-state index is 0.0791. The number of aryl methyl sites for hydroxylation is 1. The second-order valence-corrected chi connectivity index (χ2v) is 7.49. The maximum absolute atomic E-state index is 13.4. The summed E-state index contributed by atoms with van der Waals surface area (Å²) in [6, 6.07) is 26.4. The van der Waals surface area contributed by atoms with E-state index in [1.165, 1.54) is 16.5 Å². The minimum atomic E-state index is -0.107. The van der Waals surface area contributed by atoms with Crippen molar-refractivity contribution in [3.63, 3.8) is 0 Å². The van der Waals surface area contributed by atoms with Gasteiger partial charge in [-0.05, 0) is 42.7 Å². The van der Waals surface area contributed by atoms with Crippen LogP contribution in [0.1, 0.15) is 38.8 Å². The molecule has 0 saturated heterocycles. The summed E-state index contributed by atoms with van der Waals surface area (Å²) in [7, 11) is 0. The van der Waals surface area contributed by atoms with Crippen LogP contribution in [0.5, 0.6) is 0 Å². The zero-order valence-corrected chi connectivity index (χ0v) is 15.9. The van der Waals surface area contributed by atoms with Gasteiger partial charge in [0.1, 0.15) is 0 Å². The van der Waals surface area contributed by atoms with Crippen molar-refractivity contribution in [2.45, 2.75) is 19.4 Å². The summed E-state index contributed by atoms with van der Waals surface area (Å²) in [6.07, 6.45) is 0.861. The van der Waals surface area contributed by atoms with Crippen LogP contribution in [0.25, 0.3) is 10.9 Å². The van der Waals surface area contributed by atoms with Crippen LogP contribution < -0.4 is 0 Å². The zero-order chi connectivity index (χ0) is 19.1. The molecule has 1 N–H and O–H groups in total. The Labute approximate surface area is 164 Å². The van der Waals surface area contributed by atoms with Gasteiger partial charge in [-0.25, -0.2) is 0 Å². The fraction of sp³-hybridized carbons (Fsp3) is 0.160. The van der Waals surface area contributed by atoms with Crippen LogP contribution in [0.15, 0.2) is 78.9 Å². The molecule has 28 heavy (non-hydrogen) atoms. The first-order chi connectivity index (χ1) is 13.7. The van der Waals surface area contributed by atoms with Crippen molar-refractivity contribution in [3.05, 3.63) is 107 Å². The van der Waals surface area contributed by atoms with Crippen molar-refractivity contribution in [3.8, 4) is 0 Å². The first-order valence-corrected chi connectivity index (χ1v) is 9.74. The minimum Gasteiger partial charge on any atom is -0.356 e. The molecule has 0 spiro atoms. The Balaban J connectivity index is 1.67. The first kappa shape index (κ1) is 16.8. The van der Waals surface area contributed by atoms with Gasteiger partial charge in [0.2, 0.25) is 0 Å². The lowest BCUT2D eigenvalue weighted by molar-refractivity contribution is 0.0692. The molecule has 0 fully saturated rings. The van der Waals surface area contributed by atoms with Gasteiger partial charge >= 0.3 is 0 Å². The van der Waals surface area contributed by atoms with Crippen LogP contribution in [-0.4, -0.2) is 22.3 Å². The molecule has 1 amide bonds. The molecule has 5 rings (SSSR count). The van der Waals surface area contributed by atoms with Gasteiger partial charge in [-0.1, -0.05) is 66.2 Å². The lowest BCUT2D eigenvalue weighted by Crippen LogP contribution is -2.40. The zero-order valence-electron chi connectivity index (χ0n) is 15.9. The number of aromatic nitrogens is 1. The highest BCUT2D eigenvalue weighted by atomic mass is 16.2. The largest absolute Gasteiger partial charge is 0.356 e. The number of nitrogens with one attached hydrogen (secondary N) is 1. The van der Waals surface area contributed by atoms with E-state index in [0.717, 1.165) is 28.8 Å². The maximum atomic E-state index is 13.4. The Morgan fingerprint density at radius 3 is 2.43 bits per heavy atom. The summed E-state index contributed by atoms with van der Waals surface area (Å²) < 4.78 is 0. The van der Waals surface area contributed by atoms with E-state index in [9.17, 15) is 4.79 Å². The summed E-state index contributed by atoms with van der Waals surface area (Å²) in [5, 5.41) is 1.27. The van der Waals surface area contributed by atoms with Crippen molar-refractivity contribution in [2.24, 2.45) is 0 Å². The lowest BCUT2D eigenvalue weighted by Gasteiger charge is -2.36. The molecular weight excluding hydrogens is 344 g/mol. The van der Waals surface area contributed by atoms with E-state index in [0.29, 0.717) is 6.54 Å². The van der Waals surface area contributed by atoms with Crippen LogP contribution in [0.2, 0.25) is 0 Å². The van der Waals surface area contributed by atoms with Gasteiger partial charge in [0.15, 0.2) is 0 Å². The van der Waals surface area contributed by atoms with E-state index in [1.807, 2.05) is 35.2 Å². The molecule has 3 nitrogen and oxygen atoms in total. The molecule has 1 aliphatic rings. The number of hydrogen-bond donors (Lipinski definition) is 1. The number of benzene rings is 3. The molecule has 4 aromatic rings. The van der Waals surface area contributed by atoms with Crippen LogP contribution in [0.4, 0.5) is 0 Å². The number of H-pyrrole nitrogens is 1.